The van der Waals surface area contributed by atoms with Crippen molar-refractivity contribution < 1.29 is 9.53 Å². The summed E-state index contributed by atoms with van der Waals surface area (Å²) in [4.78, 5) is 11.5. The quantitative estimate of drug-likeness (QED) is 0.750. The Morgan fingerprint density at radius 1 is 1.08 bits per heavy atom. The van der Waals surface area contributed by atoms with Gasteiger partial charge in [0.05, 0.1) is 24.1 Å². The van der Waals surface area contributed by atoms with Crippen LogP contribution in [0.4, 0.5) is 0 Å². The molecule has 0 aliphatic heterocycles. The lowest BCUT2D eigenvalue weighted by Gasteiger charge is -2.03. The van der Waals surface area contributed by atoms with Gasteiger partial charge in [0.15, 0.2) is 0 Å². The Bertz CT molecular complexity index is 849. The summed E-state index contributed by atoms with van der Waals surface area (Å²) in [6, 6.07) is 17.4. The summed E-state index contributed by atoms with van der Waals surface area (Å²) in [5.41, 5.74) is 11.2. The highest BCUT2D eigenvalue weighted by molar-refractivity contribution is 5.89. The van der Waals surface area contributed by atoms with E-state index in [-0.39, 0.29) is 5.97 Å². The van der Waals surface area contributed by atoms with Crippen molar-refractivity contribution in [2.45, 2.75) is 6.54 Å². The first-order valence-electron chi connectivity index (χ1n) is 7.64. The Morgan fingerprint density at radius 2 is 1.71 bits per heavy atom. The van der Waals surface area contributed by atoms with Gasteiger partial charge in [-0.15, -0.1) is 0 Å². The number of aryl methyl sites for hydroxylation is 1. The molecule has 5 heteroatoms. The summed E-state index contributed by atoms with van der Waals surface area (Å²) >= 11 is 0. The molecule has 0 amide bonds. The van der Waals surface area contributed by atoms with Gasteiger partial charge in [0.1, 0.15) is 0 Å². The van der Waals surface area contributed by atoms with Crippen molar-refractivity contribution in [3.8, 4) is 22.5 Å². The molecule has 0 aliphatic rings. The van der Waals surface area contributed by atoms with Crippen LogP contribution in [0.15, 0.2) is 54.6 Å². The molecule has 0 spiro atoms. The standard InChI is InChI=1S/C19H19N3O2/c1-22-18(15-7-9-16(10-8-15)19(23)24-2)11-17(21-22)14-5-3-13(12-20)4-6-14/h3-11H,12,20H2,1-2H3. The van der Waals surface area contributed by atoms with Crippen LogP contribution in [0.3, 0.4) is 0 Å². The van der Waals surface area contributed by atoms with Gasteiger partial charge in [0.25, 0.3) is 0 Å². The van der Waals surface area contributed by atoms with Crippen molar-refractivity contribution in [1.82, 2.24) is 9.78 Å². The van der Waals surface area contributed by atoms with Crippen LogP contribution in [-0.2, 0) is 18.3 Å². The number of nitrogens with zero attached hydrogens (tertiary/aromatic N) is 2. The number of benzene rings is 2. The van der Waals surface area contributed by atoms with Gasteiger partial charge >= 0.3 is 5.97 Å². The van der Waals surface area contributed by atoms with Crippen LogP contribution < -0.4 is 5.73 Å². The number of nitrogens with two attached hydrogens (primary N) is 1. The Hall–Kier alpha value is -2.92. The van der Waals surface area contributed by atoms with Gasteiger partial charge in [0, 0.05) is 19.2 Å². The second-order valence-electron chi connectivity index (χ2n) is 5.51. The van der Waals surface area contributed by atoms with E-state index in [1.807, 2.05) is 54.2 Å². The lowest BCUT2D eigenvalue weighted by atomic mass is 10.1. The van der Waals surface area contributed by atoms with Crippen LogP contribution in [-0.4, -0.2) is 22.9 Å². The van der Waals surface area contributed by atoms with Crippen LogP contribution in [0, 0.1) is 0 Å². The Balaban J connectivity index is 1.92. The molecule has 0 radical (unpaired) electrons. The zero-order valence-corrected chi connectivity index (χ0v) is 13.7. The van der Waals surface area contributed by atoms with E-state index in [1.165, 1.54) is 7.11 Å². The van der Waals surface area contributed by atoms with Crippen molar-refractivity contribution in [2.75, 3.05) is 7.11 Å². The molecule has 0 fully saturated rings. The van der Waals surface area contributed by atoms with Crippen LogP contribution >= 0.6 is 0 Å². The third kappa shape index (κ3) is 3.07. The molecule has 0 bridgehead atoms. The maximum absolute atomic E-state index is 11.5. The molecule has 122 valence electrons. The second-order valence-corrected chi connectivity index (χ2v) is 5.51. The molecule has 0 aliphatic carbocycles. The first-order chi connectivity index (χ1) is 11.6. The van der Waals surface area contributed by atoms with Crippen molar-refractivity contribution in [2.24, 2.45) is 12.8 Å². The molecule has 24 heavy (non-hydrogen) atoms. The largest absolute Gasteiger partial charge is 0.465 e. The number of hydrogen-bond acceptors (Lipinski definition) is 4. The monoisotopic (exact) mass is 321 g/mol. The molecule has 0 saturated carbocycles. The average molecular weight is 321 g/mol. The molecular formula is C19H19N3O2. The Kier molecular flexibility index (Phi) is 4.44. The summed E-state index contributed by atoms with van der Waals surface area (Å²) in [5.74, 6) is -0.341. The first-order valence-corrected chi connectivity index (χ1v) is 7.64. The minimum atomic E-state index is -0.341. The van der Waals surface area contributed by atoms with Gasteiger partial charge in [-0.05, 0) is 29.3 Å². The Labute approximate surface area is 140 Å². The van der Waals surface area contributed by atoms with E-state index in [4.69, 9.17) is 10.5 Å². The highest BCUT2D eigenvalue weighted by atomic mass is 16.5. The minimum absolute atomic E-state index is 0.341. The van der Waals surface area contributed by atoms with Crippen LogP contribution in [0.1, 0.15) is 15.9 Å². The van der Waals surface area contributed by atoms with Gasteiger partial charge in [-0.3, -0.25) is 4.68 Å². The molecule has 1 aromatic heterocycles. The topological polar surface area (TPSA) is 70.1 Å². The molecule has 3 rings (SSSR count). The van der Waals surface area contributed by atoms with E-state index in [0.29, 0.717) is 12.1 Å². The van der Waals surface area contributed by atoms with E-state index in [0.717, 1.165) is 28.1 Å². The number of aromatic nitrogens is 2. The smallest absolute Gasteiger partial charge is 0.337 e. The summed E-state index contributed by atoms with van der Waals surface area (Å²) in [6.45, 7) is 0.528. The fraction of sp³-hybridized carbons (Fsp3) is 0.158. The van der Waals surface area contributed by atoms with E-state index < -0.39 is 0 Å². The molecule has 0 atom stereocenters. The molecule has 1 heterocycles. The van der Waals surface area contributed by atoms with E-state index >= 15 is 0 Å². The molecule has 2 aromatic carbocycles. The van der Waals surface area contributed by atoms with E-state index in [2.05, 4.69) is 5.10 Å². The molecule has 3 aromatic rings. The molecule has 2 N–H and O–H groups in total. The van der Waals surface area contributed by atoms with Gasteiger partial charge in [-0.1, -0.05) is 36.4 Å². The normalized spacial score (nSPS) is 10.6. The summed E-state index contributed by atoms with van der Waals surface area (Å²) < 4.78 is 6.55. The number of hydrogen-bond donors (Lipinski definition) is 1. The zero-order valence-electron chi connectivity index (χ0n) is 13.7. The molecular weight excluding hydrogens is 302 g/mol. The summed E-state index contributed by atoms with van der Waals surface area (Å²) in [6.07, 6.45) is 0. The van der Waals surface area contributed by atoms with Crippen molar-refractivity contribution in [3.63, 3.8) is 0 Å². The molecule has 5 nitrogen and oxygen atoms in total. The predicted octanol–water partition coefficient (Wildman–Crippen LogP) is 3.00. The lowest BCUT2D eigenvalue weighted by molar-refractivity contribution is 0.0601. The van der Waals surface area contributed by atoms with Gasteiger partial charge in [0.2, 0.25) is 0 Å². The van der Waals surface area contributed by atoms with Gasteiger partial charge < -0.3 is 10.5 Å². The maximum Gasteiger partial charge on any atom is 0.337 e. The van der Waals surface area contributed by atoms with Crippen LogP contribution in [0.2, 0.25) is 0 Å². The number of rotatable bonds is 4. The zero-order chi connectivity index (χ0) is 17.1. The van der Waals surface area contributed by atoms with E-state index in [9.17, 15) is 4.79 Å². The number of carbonyl (C=O) groups is 1. The SMILES string of the molecule is COC(=O)c1ccc(-c2cc(-c3ccc(CN)cc3)nn2C)cc1. The third-order valence-electron chi connectivity index (χ3n) is 3.97. The lowest BCUT2D eigenvalue weighted by Crippen LogP contribution is -2.00. The van der Waals surface area contributed by atoms with Gasteiger partial charge in [-0.25, -0.2) is 4.79 Å². The highest BCUT2D eigenvalue weighted by Crippen LogP contribution is 2.26. The average Bonchev–Trinajstić information content (AvgIpc) is 3.03. The van der Waals surface area contributed by atoms with Crippen LogP contribution in [0.5, 0.6) is 0 Å². The number of carbonyl (C=O) groups excluding carboxylic acids is 1. The highest BCUT2D eigenvalue weighted by Gasteiger charge is 2.11. The van der Waals surface area contributed by atoms with Crippen molar-refractivity contribution >= 4 is 5.97 Å². The van der Waals surface area contributed by atoms with Crippen molar-refractivity contribution in [1.29, 1.82) is 0 Å². The second kappa shape index (κ2) is 6.68. The van der Waals surface area contributed by atoms with E-state index in [1.54, 1.807) is 12.1 Å². The molecule has 0 unspecified atom stereocenters. The number of ether oxygens (including phenoxy) is 1. The minimum Gasteiger partial charge on any atom is -0.465 e. The third-order valence-corrected chi connectivity index (χ3v) is 3.97. The predicted molar refractivity (Wildman–Crippen MR) is 93.3 cm³/mol. The summed E-state index contributed by atoms with van der Waals surface area (Å²) in [7, 11) is 3.28. The number of methoxy groups -OCH3 is 1. The van der Waals surface area contributed by atoms with Crippen molar-refractivity contribution in [3.05, 3.63) is 65.7 Å². The first kappa shape index (κ1) is 16.0. The van der Waals surface area contributed by atoms with Crippen LogP contribution in [0.25, 0.3) is 22.5 Å². The number of esters is 1. The Morgan fingerprint density at radius 3 is 2.29 bits per heavy atom. The summed E-state index contributed by atoms with van der Waals surface area (Å²) in [5, 5.41) is 4.58. The van der Waals surface area contributed by atoms with Gasteiger partial charge in [-0.2, -0.15) is 5.10 Å². The fourth-order valence-corrected chi connectivity index (χ4v) is 2.59. The molecule has 0 saturated heterocycles. The fourth-order valence-electron chi connectivity index (χ4n) is 2.59. The maximum atomic E-state index is 11.5.